The van der Waals surface area contributed by atoms with Gasteiger partial charge < -0.3 is 29.0 Å². The van der Waals surface area contributed by atoms with Crippen LogP contribution in [-0.4, -0.2) is 87.2 Å². The molecule has 28 heavy (non-hydrogen) atoms. The van der Waals surface area contributed by atoms with Crippen LogP contribution in [0.5, 0.6) is 0 Å². The fourth-order valence-corrected chi connectivity index (χ4v) is 2.03. The van der Waals surface area contributed by atoms with Gasteiger partial charge in [0.25, 0.3) is 5.91 Å². The Labute approximate surface area is 166 Å². The second kappa shape index (κ2) is 13.2. The third-order valence-electron chi connectivity index (χ3n) is 3.71. The third-order valence-corrected chi connectivity index (χ3v) is 3.71. The Bertz CT molecular complexity index is 522. The number of aliphatic hydroxyl groups excluding tert-OH is 1. The molecule has 0 aliphatic carbocycles. The fourth-order valence-electron chi connectivity index (χ4n) is 2.03. The molecule has 9 heteroatoms. The van der Waals surface area contributed by atoms with Gasteiger partial charge in [-0.3, -0.25) is 4.79 Å². The molecule has 0 heterocycles. The molecule has 162 valence electrons. The van der Waals surface area contributed by atoms with Crippen molar-refractivity contribution in [2.75, 3.05) is 47.1 Å². The molecule has 0 aliphatic rings. The molecule has 1 amide bonds. The Hall–Kier alpha value is -1.97. The summed E-state index contributed by atoms with van der Waals surface area (Å²) in [6, 6.07) is 0. The van der Waals surface area contributed by atoms with Gasteiger partial charge in [-0.2, -0.15) is 0 Å². The number of carbonyl (C=O) groups excluding carboxylic acids is 3. The normalized spacial score (nSPS) is 12.9. The van der Waals surface area contributed by atoms with Crippen LogP contribution < -0.4 is 0 Å². The molecule has 0 aliphatic heterocycles. The maximum Gasteiger partial charge on any atom is 0.331 e. The summed E-state index contributed by atoms with van der Waals surface area (Å²) in [5, 5.41) is 10.5. The summed E-state index contributed by atoms with van der Waals surface area (Å²) in [6.07, 6.45) is 0.211. The number of hydrogen-bond donors (Lipinski definition) is 1. The zero-order valence-corrected chi connectivity index (χ0v) is 17.6. The van der Waals surface area contributed by atoms with E-state index in [1.54, 1.807) is 27.7 Å². The van der Waals surface area contributed by atoms with E-state index in [4.69, 9.17) is 18.9 Å². The maximum absolute atomic E-state index is 12.6. The number of esters is 2. The summed E-state index contributed by atoms with van der Waals surface area (Å²) in [7, 11) is 3.03. The smallest absolute Gasteiger partial charge is 0.331 e. The van der Waals surface area contributed by atoms with Gasteiger partial charge in [0, 0.05) is 44.9 Å². The second-order valence-electron chi connectivity index (χ2n) is 7.13. The Morgan fingerprint density at radius 3 is 1.96 bits per heavy atom. The van der Waals surface area contributed by atoms with Crippen LogP contribution in [-0.2, 0) is 33.3 Å². The van der Waals surface area contributed by atoms with Gasteiger partial charge in [-0.25, -0.2) is 9.59 Å². The van der Waals surface area contributed by atoms with Gasteiger partial charge in [0.05, 0.1) is 25.9 Å². The quantitative estimate of drug-likeness (QED) is 0.350. The molecule has 0 spiro atoms. The number of amides is 1. The first-order chi connectivity index (χ1) is 13.0. The molecule has 0 saturated carbocycles. The number of methoxy groups -OCH3 is 2. The Morgan fingerprint density at radius 1 is 1.00 bits per heavy atom. The van der Waals surface area contributed by atoms with Gasteiger partial charge in [0.2, 0.25) is 0 Å². The molecule has 0 aromatic heterocycles. The molecule has 0 saturated heterocycles. The highest BCUT2D eigenvalue weighted by molar-refractivity contribution is 5.91. The average Bonchev–Trinajstić information content (AvgIpc) is 2.63. The standard InChI is InChI=1S/C19H33NO8/c1-14(2)28-16(22)8-7-15(21)27-13-19(3,4)17(23)18(24)20(9-11-25-5)10-12-26-6/h7-8,14,17,23H,9-13H2,1-6H3/b8-7+/t17-/m0/s1. The van der Waals surface area contributed by atoms with E-state index in [1.807, 2.05) is 0 Å². The van der Waals surface area contributed by atoms with Gasteiger partial charge in [0.15, 0.2) is 0 Å². The molecular formula is C19H33NO8. The third kappa shape index (κ3) is 10.4. The molecule has 0 rings (SSSR count). The summed E-state index contributed by atoms with van der Waals surface area (Å²) in [4.78, 5) is 37.2. The largest absolute Gasteiger partial charge is 0.462 e. The lowest BCUT2D eigenvalue weighted by molar-refractivity contribution is -0.155. The molecule has 1 atom stereocenters. The van der Waals surface area contributed by atoms with Crippen molar-refractivity contribution in [2.24, 2.45) is 5.41 Å². The summed E-state index contributed by atoms with van der Waals surface area (Å²) in [5.74, 6) is -1.94. The van der Waals surface area contributed by atoms with Crippen molar-refractivity contribution in [2.45, 2.75) is 39.9 Å². The van der Waals surface area contributed by atoms with Crippen molar-refractivity contribution in [1.29, 1.82) is 0 Å². The average molecular weight is 403 g/mol. The maximum atomic E-state index is 12.6. The van der Waals surface area contributed by atoms with E-state index in [0.29, 0.717) is 26.3 Å². The zero-order valence-electron chi connectivity index (χ0n) is 17.6. The predicted octanol–water partition coefficient (Wildman–Crippen LogP) is 0.546. The van der Waals surface area contributed by atoms with Crippen LogP contribution in [0.15, 0.2) is 12.2 Å². The number of ether oxygens (including phenoxy) is 4. The Kier molecular flexibility index (Phi) is 12.3. The van der Waals surface area contributed by atoms with E-state index in [-0.39, 0.29) is 12.7 Å². The number of carbonyl (C=O) groups is 3. The second-order valence-corrected chi connectivity index (χ2v) is 7.13. The van der Waals surface area contributed by atoms with Crippen LogP contribution in [0.1, 0.15) is 27.7 Å². The van der Waals surface area contributed by atoms with Crippen LogP contribution in [0.4, 0.5) is 0 Å². The van der Waals surface area contributed by atoms with E-state index in [1.165, 1.54) is 19.1 Å². The van der Waals surface area contributed by atoms with Crippen molar-refractivity contribution in [3.8, 4) is 0 Å². The lowest BCUT2D eigenvalue weighted by atomic mass is 9.86. The lowest BCUT2D eigenvalue weighted by Crippen LogP contribution is -2.49. The zero-order chi connectivity index (χ0) is 21.7. The summed E-state index contributed by atoms with van der Waals surface area (Å²) in [5.41, 5.74) is -1.04. The first-order valence-electron chi connectivity index (χ1n) is 9.05. The molecular weight excluding hydrogens is 370 g/mol. The number of nitrogens with zero attached hydrogens (tertiary/aromatic N) is 1. The number of hydrogen-bond acceptors (Lipinski definition) is 8. The van der Waals surface area contributed by atoms with E-state index in [2.05, 4.69) is 0 Å². The lowest BCUT2D eigenvalue weighted by Gasteiger charge is -2.33. The number of rotatable bonds is 13. The van der Waals surface area contributed by atoms with Crippen LogP contribution in [0, 0.1) is 5.41 Å². The Morgan fingerprint density at radius 2 is 1.50 bits per heavy atom. The van der Waals surface area contributed by atoms with Crippen molar-refractivity contribution in [3.05, 3.63) is 12.2 Å². The molecule has 0 fully saturated rings. The van der Waals surface area contributed by atoms with Crippen molar-refractivity contribution >= 4 is 17.8 Å². The van der Waals surface area contributed by atoms with Crippen molar-refractivity contribution in [1.82, 2.24) is 4.90 Å². The molecule has 1 N–H and O–H groups in total. The highest BCUT2D eigenvalue weighted by Gasteiger charge is 2.37. The van der Waals surface area contributed by atoms with Gasteiger partial charge in [-0.05, 0) is 13.8 Å². The van der Waals surface area contributed by atoms with E-state index in [9.17, 15) is 19.5 Å². The van der Waals surface area contributed by atoms with Crippen LogP contribution in [0.25, 0.3) is 0 Å². The molecule has 0 aromatic carbocycles. The predicted molar refractivity (Wildman–Crippen MR) is 101 cm³/mol. The van der Waals surface area contributed by atoms with Crippen LogP contribution in [0.3, 0.4) is 0 Å². The topological polar surface area (TPSA) is 112 Å². The Balaban J connectivity index is 4.78. The molecule has 9 nitrogen and oxygen atoms in total. The monoisotopic (exact) mass is 403 g/mol. The first-order valence-corrected chi connectivity index (χ1v) is 9.05. The minimum Gasteiger partial charge on any atom is -0.462 e. The van der Waals surface area contributed by atoms with Gasteiger partial charge in [-0.1, -0.05) is 13.8 Å². The summed E-state index contributed by atoms with van der Waals surface area (Å²) < 4.78 is 19.9. The minimum absolute atomic E-state index is 0.218. The molecule has 0 radical (unpaired) electrons. The molecule has 0 aromatic rings. The fraction of sp³-hybridized carbons (Fsp3) is 0.737. The van der Waals surface area contributed by atoms with Crippen LogP contribution >= 0.6 is 0 Å². The minimum atomic E-state index is -1.40. The summed E-state index contributed by atoms with van der Waals surface area (Å²) in [6.45, 7) is 7.59. The first kappa shape index (κ1) is 26.0. The van der Waals surface area contributed by atoms with E-state index >= 15 is 0 Å². The van der Waals surface area contributed by atoms with Crippen molar-refractivity contribution < 1.29 is 38.4 Å². The highest BCUT2D eigenvalue weighted by Crippen LogP contribution is 2.23. The van der Waals surface area contributed by atoms with Crippen molar-refractivity contribution in [3.63, 3.8) is 0 Å². The highest BCUT2D eigenvalue weighted by atomic mass is 16.5. The van der Waals surface area contributed by atoms with Gasteiger partial charge in [0.1, 0.15) is 6.10 Å². The van der Waals surface area contributed by atoms with Gasteiger partial charge >= 0.3 is 11.9 Å². The summed E-state index contributed by atoms with van der Waals surface area (Å²) >= 11 is 0. The van der Waals surface area contributed by atoms with Crippen LogP contribution in [0.2, 0.25) is 0 Å². The van der Waals surface area contributed by atoms with E-state index in [0.717, 1.165) is 12.2 Å². The molecule has 0 unspecified atom stereocenters. The number of aliphatic hydroxyl groups is 1. The van der Waals surface area contributed by atoms with E-state index < -0.39 is 29.4 Å². The molecule has 0 bridgehead atoms. The SMILES string of the molecule is COCCN(CCOC)C(=O)[C@H](O)C(C)(C)COC(=O)/C=C/C(=O)OC(C)C. The van der Waals surface area contributed by atoms with Gasteiger partial charge in [-0.15, -0.1) is 0 Å².